The van der Waals surface area contributed by atoms with Gasteiger partial charge in [-0.25, -0.2) is 0 Å². The van der Waals surface area contributed by atoms with Crippen molar-refractivity contribution in [1.82, 2.24) is 9.78 Å². The van der Waals surface area contributed by atoms with Gasteiger partial charge in [0.1, 0.15) is 12.4 Å². The van der Waals surface area contributed by atoms with Crippen LogP contribution in [-0.2, 0) is 13.2 Å². The van der Waals surface area contributed by atoms with Crippen LogP contribution in [0.2, 0.25) is 10.0 Å². The molecule has 0 saturated heterocycles. The number of nitrogens with one attached hydrogen (secondary N) is 1. The fraction of sp³-hybridized carbons (Fsp3) is 0.0909. The molecule has 1 N–H and O–H groups in total. The smallest absolute Gasteiger partial charge is 0.266 e. The molecule has 0 bridgehead atoms. The summed E-state index contributed by atoms with van der Waals surface area (Å²) in [6.07, 6.45) is 1.80. The predicted octanol–water partition coefficient (Wildman–Crippen LogP) is 6.13. The molecule has 0 atom stereocenters. The minimum Gasteiger partial charge on any atom is -0.489 e. The summed E-state index contributed by atoms with van der Waals surface area (Å²) in [5, 5.41) is 10.1. The van der Waals surface area contributed by atoms with E-state index in [0.29, 0.717) is 33.9 Å². The molecule has 0 aliphatic carbocycles. The highest BCUT2D eigenvalue weighted by atomic mass is 35.5. The number of nitrogens with zero attached hydrogens (tertiary/aromatic N) is 2. The van der Waals surface area contributed by atoms with Gasteiger partial charge in [-0.3, -0.25) is 9.48 Å². The third kappa shape index (κ3) is 5.21. The van der Waals surface area contributed by atoms with Gasteiger partial charge in [0.25, 0.3) is 5.91 Å². The highest BCUT2D eigenvalue weighted by molar-refractivity contribution is 7.12. The average molecular weight is 458 g/mol. The molecule has 8 heteroatoms. The van der Waals surface area contributed by atoms with E-state index in [1.54, 1.807) is 29.1 Å². The number of halogens is 2. The van der Waals surface area contributed by atoms with Crippen molar-refractivity contribution in [3.8, 4) is 5.75 Å². The molecule has 2 aromatic heterocycles. The first-order valence-electron chi connectivity index (χ1n) is 9.11. The standard InChI is InChI=1S/C22H17Cl2N3O2S/c23-18-7-6-15(10-19(18)24)12-27-9-8-21(26-27)25-22(28)20-11-16(14-30-20)13-29-17-4-2-1-3-5-17/h1-11,14H,12-13H2,(H,25,26,28). The van der Waals surface area contributed by atoms with Crippen LogP contribution in [0.5, 0.6) is 5.75 Å². The Kier molecular flexibility index (Phi) is 6.38. The Morgan fingerprint density at radius 2 is 1.87 bits per heavy atom. The molecule has 30 heavy (non-hydrogen) atoms. The number of carbonyl (C=O) groups excluding carboxylic acids is 1. The van der Waals surface area contributed by atoms with E-state index >= 15 is 0 Å². The molecule has 0 radical (unpaired) electrons. The Morgan fingerprint density at radius 3 is 2.67 bits per heavy atom. The lowest BCUT2D eigenvalue weighted by molar-refractivity contribution is 0.103. The molecule has 1 amide bonds. The van der Waals surface area contributed by atoms with Crippen molar-refractivity contribution >= 4 is 46.3 Å². The first-order valence-corrected chi connectivity index (χ1v) is 10.7. The predicted molar refractivity (Wildman–Crippen MR) is 121 cm³/mol. The molecular formula is C22H17Cl2N3O2S. The van der Waals surface area contributed by atoms with Gasteiger partial charge in [0.2, 0.25) is 0 Å². The van der Waals surface area contributed by atoms with Crippen LogP contribution in [0.25, 0.3) is 0 Å². The zero-order valence-electron chi connectivity index (χ0n) is 15.7. The summed E-state index contributed by atoms with van der Waals surface area (Å²) >= 11 is 13.4. The Morgan fingerprint density at radius 1 is 1.03 bits per heavy atom. The van der Waals surface area contributed by atoms with Gasteiger partial charge in [0, 0.05) is 17.8 Å². The third-order valence-electron chi connectivity index (χ3n) is 4.24. The molecule has 0 saturated carbocycles. The van der Waals surface area contributed by atoms with E-state index in [2.05, 4.69) is 10.4 Å². The molecule has 2 aromatic carbocycles. The van der Waals surface area contributed by atoms with Crippen LogP contribution >= 0.6 is 34.5 Å². The summed E-state index contributed by atoms with van der Waals surface area (Å²) in [5.74, 6) is 1.07. The normalized spacial score (nSPS) is 10.7. The second kappa shape index (κ2) is 9.34. The first-order chi connectivity index (χ1) is 14.6. The lowest BCUT2D eigenvalue weighted by Crippen LogP contribution is -2.11. The molecule has 0 aliphatic heterocycles. The Labute approximate surface area is 187 Å². The minimum atomic E-state index is -0.203. The average Bonchev–Trinajstić information content (AvgIpc) is 3.40. The van der Waals surface area contributed by atoms with Crippen LogP contribution in [0.15, 0.2) is 72.2 Å². The van der Waals surface area contributed by atoms with Gasteiger partial charge in [-0.15, -0.1) is 11.3 Å². The van der Waals surface area contributed by atoms with Gasteiger partial charge in [-0.05, 0) is 41.3 Å². The lowest BCUT2D eigenvalue weighted by atomic mass is 10.2. The summed E-state index contributed by atoms with van der Waals surface area (Å²) in [6.45, 7) is 0.929. The summed E-state index contributed by atoms with van der Waals surface area (Å²) in [7, 11) is 0. The maximum Gasteiger partial charge on any atom is 0.266 e. The van der Waals surface area contributed by atoms with E-state index < -0.39 is 0 Å². The van der Waals surface area contributed by atoms with Gasteiger partial charge < -0.3 is 10.1 Å². The zero-order chi connectivity index (χ0) is 20.9. The number of rotatable bonds is 7. The van der Waals surface area contributed by atoms with Gasteiger partial charge in [-0.1, -0.05) is 47.5 Å². The number of carbonyl (C=O) groups is 1. The van der Waals surface area contributed by atoms with Crippen molar-refractivity contribution in [1.29, 1.82) is 0 Å². The zero-order valence-corrected chi connectivity index (χ0v) is 18.0. The molecule has 5 nitrogen and oxygen atoms in total. The van der Waals surface area contributed by atoms with Crippen molar-refractivity contribution in [3.63, 3.8) is 0 Å². The lowest BCUT2D eigenvalue weighted by Gasteiger charge is -2.04. The molecule has 0 spiro atoms. The fourth-order valence-corrected chi connectivity index (χ4v) is 3.89. The Balaban J connectivity index is 1.34. The number of benzene rings is 2. The van der Waals surface area contributed by atoms with Gasteiger partial charge >= 0.3 is 0 Å². The van der Waals surface area contributed by atoms with Gasteiger partial charge in [-0.2, -0.15) is 5.10 Å². The molecule has 152 valence electrons. The van der Waals surface area contributed by atoms with Gasteiger partial charge in [0.05, 0.1) is 21.5 Å². The highest BCUT2D eigenvalue weighted by Crippen LogP contribution is 2.23. The van der Waals surface area contributed by atoms with Crippen molar-refractivity contribution < 1.29 is 9.53 Å². The van der Waals surface area contributed by atoms with Crippen molar-refractivity contribution in [2.24, 2.45) is 0 Å². The highest BCUT2D eigenvalue weighted by Gasteiger charge is 2.12. The second-order valence-electron chi connectivity index (χ2n) is 6.52. The summed E-state index contributed by atoms with van der Waals surface area (Å²) in [4.78, 5) is 13.1. The number of thiophene rings is 1. The van der Waals surface area contributed by atoms with E-state index in [1.807, 2.05) is 47.8 Å². The maximum atomic E-state index is 12.5. The molecule has 2 heterocycles. The van der Waals surface area contributed by atoms with E-state index in [0.717, 1.165) is 16.9 Å². The van der Waals surface area contributed by atoms with Crippen molar-refractivity contribution in [2.45, 2.75) is 13.2 Å². The molecule has 0 aliphatic rings. The Bertz CT molecular complexity index is 1160. The quantitative estimate of drug-likeness (QED) is 0.363. The molecule has 0 unspecified atom stereocenters. The number of hydrogen-bond donors (Lipinski definition) is 1. The topological polar surface area (TPSA) is 56.2 Å². The molecule has 4 rings (SSSR count). The number of ether oxygens (including phenoxy) is 1. The van der Waals surface area contributed by atoms with Crippen LogP contribution in [0.1, 0.15) is 20.8 Å². The Hall–Kier alpha value is -2.80. The van der Waals surface area contributed by atoms with E-state index in [9.17, 15) is 4.79 Å². The van der Waals surface area contributed by atoms with E-state index in [-0.39, 0.29) is 5.91 Å². The number of para-hydroxylation sites is 1. The minimum absolute atomic E-state index is 0.203. The third-order valence-corrected chi connectivity index (χ3v) is 5.95. The van der Waals surface area contributed by atoms with Crippen LogP contribution in [0.4, 0.5) is 5.82 Å². The van der Waals surface area contributed by atoms with Crippen LogP contribution in [0, 0.1) is 0 Å². The maximum absolute atomic E-state index is 12.5. The number of amides is 1. The van der Waals surface area contributed by atoms with E-state index in [1.165, 1.54) is 11.3 Å². The van der Waals surface area contributed by atoms with E-state index in [4.69, 9.17) is 27.9 Å². The van der Waals surface area contributed by atoms with Crippen LogP contribution < -0.4 is 10.1 Å². The van der Waals surface area contributed by atoms with Crippen LogP contribution in [-0.4, -0.2) is 15.7 Å². The molecule has 0 fully saturated rings. The number of aromatic nitrogens is 2. The first kappa shape index (κ1) is 20.5. The largest absolute Gasteiger partial charge is 0.489 e. The van der Waals surface area contributed by atoms with Crippen molar-refractivity contribution in [3.05, 3.63) is 98.3 Å². The SMILES string of the molecule is O=C(Nc1ccn(Cc2ccc(Cl)c(Cl)c2)n1)c1cc(COc2ccccc2)cs1. The van der Waals surface area contributed by atoms with Gasteiger partial charge in [0.15, 0.2) is 5.82 Å². The number of hydrogen-bond acceptors (Lipinski definition) is 4. The van der Waals surface area contributed by atoms with Crippen molar-refractivity contribution in [2.75, 3.05) is 5.32 Å². The summed E-state index contributed by atoms with van der Waals surface area (Å²) in [5.41, 5.74) is 1.91. The summed E-state index contributed by atoms with van der Waals surface area (Å²) in [6, 6.07) is 18.6. The molecule has 4 aromatic rings. The second-order valence-corrected chi connectivity index (χ2v) is 8.25. The fourth-order valence-electron chi connectivity index (χ4n) is 2.77. The summed E-state index contributed by atoms with van der Waals surface area (Å²) < 4.78 is 7.45. The number of anilines is 1. The monoisotopic (exact) mass is 457 g/mol. The molecular weight excluding hydrogens is 441 g/mol. The van der Waals surface area contributed by atoms with Crippen LogP contribution in [0.3, 0.4) is 0 Å².